The fraction of sp³-hybridized carbons (Fsp3) is 0.300. The first kappa shape index (κ1) is 11.7. The number of benzene rings is 1. The summed E-state index contributed by atoms with van der Waals surface area (Å²) in [4.78, 5) is 11.1. The van der Waals surface area contributed by atoms with Crippen molar-refractivity contribution in [1.29, 1.82) is 0 Å². The van der Waals surface area contributed by atoms with Gasteiger partial charge in [-0.3, -0.25) is 4.79 Å². The lowest BCUT2D eigenvalue weighted by Crippen LogP contribution is -2.08. The Labute approximate surface area is 89.2 Å². The number of rotatable bonds is 2. The number of sulfone groups is 1. The van der Waals surface area contributed by atoms with Gasteiger partial charge < -0.3 is 5.32 Å². The molecule has 0 radical (unpaired) electrons. The minimum Gasteiger partial charge on any atom is -0.326 e. The molecule has 1 N–H and O–H groups in total. The number of hydrogen-bond acceptors (Lipinski definition) is 3. The molecule has 0 atom stereocenters. The van der Waals surface area contributed by atoms with Crippen molar-refractivity contribution in [2.24, 2.45) is 0 Å². The molecule has 15 heavy (non-hydrogen) atoms. The molecule has 5 heteroatoms. The van der Waals surface area contributed by atoms with Gasteiger partial charge in [0.15, 0.2) is 9.84 Å². The molecule has 0 bridgehead atoms. The molecular weight excluding hydrogens is 214 g/mol. The maximum atomic E-state index is 11.3. The van der Waals surface area contributed by atoms with Gasteiger partial charge in [-0.25, -0.2) is 8.42 Å². The third kappa shape index (κ3) is 3.06. The van der Waals surface area contributed by atoms with Gasteiger partial charge in [-0.15, -0.1) is 0 Å². The molecule has 1 rings (SSSR count). The molecule has 0 fully saturated rings. The monoisotopic (exact) mass is 227 g/mol. The number of carbonyl (C=O) groups is 1. The minimum absolute atomic E-state index is 0.205. The summed E-state index contributed by atoms with van der Waals surface area (Å²) in [5.74, 6) is -0.219. The van der Waals surface area contributed by atoms with E-state index >= 15 is 0 Å². The number of carbonyl (C=O) groups excluding carboxylic acids is 1. The largest absolute Gasteiger partial charge is 0.326 e. The second kappa shape index (κ2) is 4.02. The van der Waals surface area contributed by atoms with Crippen LogP contribution in [0.25, 0.3) is 0 Å². The first-order valence-electron chi connectivity index (χ1n) is 4.39. The van der Waals surface area contributed by atoms with E-state index in [1.165, 1.54) is 19.1 Å². The van der Waals surface area contributed by atoms with Crippen LogP contribution in [0.3, 0.4) is 0 Å². The van der Waals surface area contributed by atoms with E-state index in [1.807, 2.05) is 0 Å². The van der Waals surface area contributed by atoms with Crippen molar-refractivity contribution in [2.45, 2.75) is 18.7 Å². The van der Waals surface area contributed by atoms with Crippen molar-refractivity contribution in [3.63, 3.8) is 0 Å². The van der Waals surface area contributed by atoms with Gasteiger partial charge in [0.2, 0.25) is 5.91 Å². The molecule has 82 valence electrons. The van der Waals surface area contributed by atoms with E-state index in [2.05, 4.69) is 5.32 Å². The molecule has 0 saturated heterocycles. The second-order valence-corrected chi connectivity index (χ2v) is 5.45. The molecule has 4 nitrogen and oxygen atoms in total. The quantitative estimate of drug-likeness (QED) is 0.829. The van der Waals surface area contributed by atoms with E-state index in [1.54, 1.807) is 13.0 Å². The lowest BCUT2D eigenvalue weighted by atomic mass is 10.2. The smallest absolute Gasteiger partial charge is 0.221 e. The van der Waals surface area contributed by atoms with Crippen molar-refractivity contribution in [3.05, 3.63) is 23.8 Å². The highest BCUT2D eigenvalue weighted by molar-refractivity contribution is 7.90. The Morgan fingerprint density at radius 1 is 1.33 bits per heavy atom. The minimum atomic E-state index is -3.23. The maximum Gasteiger partial charge on any atom is 0.221 e. The summed E-state index contributed by atoms with van der Waals surface area (Å²) < 4.78 is 22.5. The molecule has 1 aromatic carbocycles. The van der Waals surface area contributed by atoms with Gasteiger partial charge in [-0.1, -0.05) is 6.07 Å². The number of aryl methyl sites for hydroxylation is 1. The van der Waals surface area contributed by atoms with Gasteiger partial charge in [0.1, 0.15) is 0 Å². The average Bonchev–Trinajstić information content (AvgIpc) is 2.06. The van der Waals surface area contributed by atoms with E-state index in [0.29, 0.717) is 5.69 Å². The molecule has 1 aromatic rings. The number of nitrogens with one attached hydrogen (secondary N) is 1. The summed E-state index contributed by atoms with van der Waals surface area (Å²) in [6, 6.07) is 4.66. The van der Waals surface area contributed by atoms with Gasteiger partial charge in [-0.05, 0) is 24.6 Å². The summed E-state index contributed by atoms with van der Waals surface area (Å²) >= 11 is 0. The number of hydrogen-bond donors (Lipinski definition) is 1. The maximum absolute atomic E-state index is 11.3. The number of anilines is 1. The van der Waals surface area contributed by atoms with E-state index in [9.17, 15) is 13.2 Å². The molecule has 0 aliphatic heterocycles. The van der Waals surface area contributed by atoms with Crippen molar-refractivity contribution in [1.82, 2.24) is 0 Å². The van der Waals surface area contributed by atoms with Crippen LogP contribution in [0.1, 0.15) is 12.5 Å². The van der Waals surface area contributed by atoms with Gasteiger partial charge in [-0.2, -0.15) is 0 Å². The van der Waals surface area contributed by atoms with Crippen molar-refractivity contribution >= 4 is 21.4 Å². The van der Waals surface area contributed by atoms with Crippen LogP contribution < -0.4 is 5.32 Å². The van der Waals surface area contributed by atoms with Crippen molar-refractivity contribution in [3.8, 4) is 0 Å². The van der Waals surface area contributed by atoms with Crippen LogP contribution in [0.15, 0.2) is 23.1 Å². The molecule has 0 saturated carbocycles. The van der Waals surface area contributed by atoms with Crippen LogP contribution in [0.4, 0.5) is 5.69 Å². The van der Waals surface area contributed by atoms with E-state index in [-0.39, 0.29) is 10.8 Å². The summed E-state index contributed by atoms with van der Waals surface area (Å²) in [7, 11) is -3.23. The van der Waals surface area contributed by atoms with Gasteiger partial charge in [0.25, 0.3) is 0 Å². The summed E-state index contributed by atoms with van der Waals surface area (Å²) in [5, 5.41) is 2.58. The first-order valence-corrected chi connectivity index (χ1v) is 6.28. The second-order valence-electron chi connectivity index (χ2n) is 3.43. The Kier molecular flexibility index (Phi) is 3.14. The van der Waals surface area contributed by atoms with Crippen molar-refractivity contribution in [2.75, 3.05) is 11.6 Å². The predicted molar refractivity (Wildman–Crippen MR) is 58.6 cm³/mol. The SMILES string of the molecule is CC(=O)Nc1cc(S(C)(=O)=O)ccc1C. The molecule has 0 heterocycles. The standard InChI is InChI=1S/C10H13NO3S/c1-7-4-5-9(15(3,13)14)6-10(7)11-8(2)12/h4-6H,1-3H3,(H,11,12). The van der Waals surface area contributed by atoms with Crippen LogP contribution in [-0.2, 0) is 14.6 Å². The lowest BCUT2D eigenvalue weighted by molar-refractivity contribution is -0.114. The van der Waals surface area contributed by atoms with Crippen molar-refractivity contribution < 1.29 is 13.2 Å². The topological polar surface area (TPSA) is 63.2 Å². The zero-order chi connectivity index (χ0) is 11.6. The Balaban J connectivity index is 3.23. The highest BCUT2D eigenvalue weighted by Crippen LogP contribution is 2.19. The van der Waals surface area contributed by atoms with Crippen LogP contribution in [0, 0.1) is 6.92 Å². The lowest BCUT2D eigenvalue weighted by Gasteiger charge is -2.07. The van der Waals surface area contributed by atoms with Crippen LogP contribution >= 0.6 is 0 Å². The molecule has 0 aromatic heterocycles. The molecular formula is C10H13NO3S. The molecule has 0 spiro atoms. The molecule has 0 unspecified atom stereocenters. The fourth-order valence-corrected chi connectivity index (χ4v) is 1.80. The Morgan fingerprint density at radius 2 is 1.93 bits per heavy atom. The molecule has 0 aliphatic carbocycles. The zero-order valence-corrected chi connectivity index (χ0v) is 9.68. The molecule has 0 aliphatic rings. The Morgan fingerprint density at radius 3 is 2.40 bits per heavy atom. The highest BCUT2D eigenvalue weighted by Gasteiger charge is 2.09. The zero-order valence-electron chi connectivity index (χ0n) is 8.87. The fourth-order valence-electron chi connectivity index (χ4n) is 1.16. The van der Waals surface area contributed by atoms with E-state index in [4.69, 9.17) is 0 Å². The summed E-state index contributed by atoms with van der Waals surface area (Å²) in [5.41, 5.74) is 1.36. The summed E-state index contributed by atoms with van der Waals surface area (Å²) in [6.45, 7) is 3.18. The van der Waals surface area contributed by atoms with Gasteiger partial charge in [0.05, 0.1) is 4.90 Å². The van der Waals surface area contributed by atoms with Crippen LogP contribution in [0.5, 0.6) is 0 Å². The van der Waals surface area contributed by atoms with Crippen LogP contribution in [0.2, 0.25) is 0 Å². The average molecular weight is 227 g/mol. The highest BCUT2D eigenvalue weighted by atomic mass is 32.2. The third-order valence-corrected chi connectivity index (χ3v) is 3.06. The third-order valence-electron chi connectivity index (χ3n) is 1.95. The Bertz CT molecular complexity index is 491. The first-order chi connectivity index (χ1) is 6.80. The Hall–Kier alpha value is -1.36. The normalized spacial score (nSPS) is 11.1. The van der Waals surface area contributed by atoms with E-state index < -0.39 is 9.84 Å². The predicted octanol–water partition coefficient (Wildman–Crippen LogP) is 1.36. The van der Waals surface area contributed by atoms with Crippen LogP contribution in [-0.4, -0.2) is 20.6 Å². The van der Waals surface area contributed by atoms with E-state index in [0.717, 1.165) is 11.8 Å². The summed E-state index contributed by atoms with van der Waals surface area (Å²) in [6.07, 6.45) is 1.13. The van der Waals surface area contributed by atoms with Gasteiger partial charge >= 0.3 is 0 Å². The van der Waals surface area contributed by atoms with Gasteiger partial charge in [0, 0.05) is 18.9 Å². The number of amides is 1. The molecule has 1 amide bonds.